The lowest BCUT2D eigenvalue weighted by Crippen LogP contribution is -2.27. The molecule has 2 atom stereocenters. The van der Waals surface area contributed by atoms with Gasteiger partial charge in [0, 0.05) is 6.04 Å². The Bertz CT molecular complexity index is 129. The summed E-state index contributed by atoms with van der Waals surface area (Å²) in [6, 6.07) is 0.786. The average molecular weight is 183 g/mol. The molecule has 0 aromatic rings. The molecule has 13 heavy (non-hydrogen) atoms. The molecule has 1 heteroatoms. The average Bonchev–Trinajstić information content (AvgIpc) is 2.87. The van der Waals surface area contributed by atoms with Gasteiger partial charge in [-0.25, -0.2) is 0 Å². The van der Waals surface area contributed by atoms with Crippen LogP contribution in [0.1, 0.15) is 52.4 Å². The van der Waals surface area contributed by atoms with Crippen molar-refractivity contribution in [3.63, 3.8) is 0 Å². The van der Waals surface area contributed by atoms with E-state index in [2.05, 4.69) is 26.2 Å². The molecule has 78 valence electrons. The van der Waals surface area contributed by atoms with Gasteiger partial charge in [-0.1, -0.05) is 39.5 Å². The molecule has 0 saturated heterocycles. The van der Waals surface area contributed by atoms with Crippen LogP contribution in [0.25, 0.3) is 0 Å². The molecular weight excluding hydrogens is 158 g/mol. The normalized spacial score (nSPS) is 21.5. The van der Waals surface area contributed by atoms with Crippen LogP contribution in [0.5, 0.6) is 0 Å². The van der Waals surface area contributed by atoms with Crippen LogP contribution < -0.4 is 5.32 Å². The zero-order valence-corrected chi connectivity index (χ0v) is 9.47. The lowest BCUT2D eigenvalue weighted by molar-refractivity contribution is 0.372. The Hall–Kier alpha value is -0.0400. The minimum absolute atomic E-state index is 0.786. The summed E-state index contributed by atoms with van der Waals surface area (Å²) in [5.74, 6) is 1.97. The minimum Gasteiger partial charge on any atom is -0.317 e. The highest BCUT2D eigenvalue weighted by atomic mass is 14.9. The van der Waals surface area contributed by atoms with Gasteiger partial charge in [-0.15, -0.1) is 0 Å². The molecular formula is C12H25N. The zero-order valence-electron chi connectivity index (χ0n) is 9.47. The van der Waals surface area contributed by atoms with E-state index >= 15 is 0 Å². The van der Waals surface area contributed by atoms with Crippen LogP contribution in [0, 0.1) is 11.8 Å². The van der Waals surface area contributed by atoms with Gasteiger partial charge in [-0.2, -0.15) is 0 Å². The van der Waals surface area contributed by atoms with Crippen molar-refractivity contribution in [1.82, 2.24) is 5.32 Å². The SMILES string of the molecule is CCCC(C)CC(CC1CC1)NC. The topological polar surface area (TPSA) is 12.0 Å². The fourth-order valence-corrected chi connectivity index (χ4v) is 2.18. The van der Waals surface area contributed by atoms with E-state index in [1.807, 2.05) is 0 Å². The minimum atomic E-state index is 0.786. The highest BCUT2D eigenvalue weighted by Gasteiger charge is 2.25. The number of rotatable bonds is 7. The van der Waals surface area contributed by atoms with Crippen LogP contribution in [0.15, 0.2) is 0 Å². The molecule has 0 spiro atoms. The molecule has 2 unspecified atom stereocenters. The summed E-state index contributed by atoms with van der Waals surface area (Å²) in [6.07, 6.45) is 8.50. The number of hydrogen-bond donors (Lipinski definition) is 1. The van der Waals surface area contributed by atoms with Crippen LogP contribution >= 0.6 is 0 Å². The summed E-state index contributed by atoms with van der Waals surface area (Å²) in [5.41, 5.74) is 0. The molecule has 0 aliphatic heterocycles. The molecule has 1 nitrogen and oxygen atoms in total. The van der Waals surface area contributed by atoms with E-state index in [1.54, 1.807) is 0 Å². The van der Waals surface area contributed by atoms with Crippen molar-refractivity contribution in [3.8, 4) is 0 Å². The fraction of sp³-hybridized carbons (Fsp3) is 1.00. The van der Waals surface area contributed by atoms with E-state index in [9.17, 15) is 0 Å². The van der Waals surface area contributed by atoms with Gasteiger partial charge >= 0.3 is 0 Å². The van der Waals surface area contributed by atoms with Gasteiger partial charge in [0.25, 0.3) is 0 Å². The lowest BCUT2D eigenvalue weighted by Gasteiger charge is -2.20. The van der Waals surface area contributed by atoms with Crippen molar-refractivity contribution in [2.24, 2.45) is 11.8 Å². The Morgan fingerprint density at radius 3 is 2.54 bits per heavy atom. The number of hydrogen-bond acceptors (Lipinski definition) is 1. The molecule has 1 aliphatic rings. The van der Waals surface area contributed by atoms with Gasteiger partial charge in [0.2, 0.25) is 0 Å². The molecule has 1 fully saturated rings. The van der Waals surface area contributed by atoms with E-state index in [1.165, 1.54) is 38.5 Å². The molecule has 1 rings (SSSR count). The first-order valence-electron chi connectivity index (χ1n) is 5.93. The predicted octanol–water partition coefficient (Wildman–Crippen LogP) is 3.20. The Morgan fingerprint density at radius 2 is 2.08 bits per heavy atom. The summed E-state index contributed by atoms with van der Waals surface area (Å²) in [5, 5.41) is 3.46. The van der Waals surface area contributed by atoms with Gasteiger partial charge in [-0.3, -0.25) is 0 Å². The van der Waals surface area contributed by atoms with Crippen molar-refractivity contribution in [1.29, 1.82) is 0 Å². The Labute approximate surface area is 83.3 Å². The smallest absolute Gasteiger partial charge is 0.00692 e. The highest BCUT2D eigenvalue weighted by molar-refractivity contribution is 4.80. The Morgan fingerprint density at radius 1 is 1.38 bits per heavy atom. The molecule has 1 aliphatic carbocycles. The number of nitrogens with one attached hydrogen (secondary N) is 1. The van der Waals surface area contributed by atoms with Gasteiger partial charge in [0.1, 0.15) is 0 Å². The largest absolute Gasteiger partial charge is 0.317 e. The third kappa shape index (κ3) is 4.66. The van der Waals surface area contributed by atoms with Crippen molar-refractivity contribution >= 4 is 0 Å². The second-order valence-electron chi connectivity index (χ2n) is 4.79. The van der Waals surface area contributed by atoms with Gasteiger partial charge < -0.3 is 5.32 Å². The molecule has 0 aromatic heterocycles. The highest BCUT2D eigenvalue weighted by Crippen LogP contribution is 2.34. The first-order valence-corrected chi connectivity index (χ1v) is 5.93. The molecule has 0 bridgehead atoms. The quantitative estimate of drug-likeness (QED) is 0.639. The summed E-state index contributed by atoms with van der Waals surface area (Å²) in [4.78, 5) is 0. The van der Waals surface area contributed by atoms with Crippen molar-refractivity contribution in [2.75, 3.05) is 7.05 Å². The summed E-state index contributed by atoms with van der Waals surface area (Å²) < 4.78 is 0. The van der Waals surface area contributed by atoms with Gasteiger partial charge in [0.15, 0.2) is 0 Å². The van der Waals surface area contributed by atoms with E-state index in [4.69, 9.17) is 0 Å². The van der Waals surface area contributed by atoms with Crippen LogP contribution in [-0.4, -0.2) is 13.1 Å². The maximum absolute atomic E-state index is 3.46. The standard InChI is InChI=1S/C12H25N/c1-4-5-10(2)8-12(13-3)9-11-6-7-11/h10-13H,4-9H2,1-3H3. The van der Waals surface area contributed by atoms with E-state index in [0.29, 0.717) is 0 Å². The fourth-order valence-electron chi connectivity index (χ4n) is 2.18. The van der Waals surface area contributed by atoms with Crippen molar-refractivity contribution in [3.05, 3.63) is 0 Å². The Kier molecular flexibility index (Phi) is 4.79. The lowest BCUT2D eigenvalue weighted by atomic mass is 9.94. The maximum atomic E-state index is 3.46. The van der Waals surface area contributed by atoms with Gasteiger partial charge in [0.05, 0.1) is 0 Å². The monoisotopic (exact) mass is 183 g/mol. The van der Waals surface area contributed by atoms with E-state index in [-0.39, 0.29) is 0 Å². The molecule has 1 N–H and O–H groups in total. The van der Waals surface area contributed by atoms with Crippen LogP contribution in [-0.2, 0) is 0 Å². The first-order chi connectivity index (χ1) is 6.26. The second kappa shape index (κ2) is 5.64. The van der Waals surface area contributed by atoms with Crippen molar-refractivity contribution in [2.45, 2.75) is 58.4 Å². The van der Waals surface area contributed by atoms with Crippen LogP contribution in [0.2, 0.25) is 0 Å². The Balaban J connectivity index is 2.13. The summed E-state index contributed by atoms with van der Waals surface area (Å²) in [6.45, 7) is 4.67. The second-order valence-corrected chi connectivity index (χ2v) is 4.79. The van der Waals surface area contributed by atoms with E-state index in [0.717, 1.165) is 17.9 Å². The molecule has 1 saturated carbocycles. The molecule has 0 aromatic carbocycles. The van der Waals surface area contributed by atoms with Crippen molar-refractivity contribution < 1.29 is 0 Å². The summed E-state index contributed by atoms with van der Waals surface area (Å²) in [7, 11) is 2.12. The van der Waals surface area contributed by atoms with Crippen LogP contribution in [0.3, 0.4) is 0 Å². The van der Waals surface area contributed by atoms with Crippen LogP contribution in [0.4, 0.5) is 0 Å². The summed E-state index contributed by atoms with van der Waals surface area (Å²) >= 11 is 0. The van der Waals surface area contributed by atoms with Gasteiger partial charge in [-0.05, 0) is 31.7 Å². The maximum Gasteiger partial charge on any atom is 0.00692 e. The van der Waals surface area contributed by atoms with E-state index < -0.39 is 0 Å². The zero-order chi connectivity index (χ0) is 9.68. The predicted molar refractivity (Wildman–Crippen MR) is 58.9 cm³/mol. The molecule has 0 heterocycles. The molecule has 0 radical (unpaired) electrons. The third-order valence-electron chi connectivity index (χ3n) is 3.19. The third-order valence-corrected chi connectivity index (χ3v) is 3.19. The molecule has 0 amide bonds. The first kappa shape index (κ1) is 11.0.